The summed E-state index contributed by atoms with van der Waals surface area (Å²) in [6.45, 7) is 0. The van der Waals surface area contributed by atoms with Crippen molar-refractivity contribution in [2.24, 2.45) is 0 Å². The monoisotopic (exact) mass is 321 g/mol. The first kappa shape index (κ1) is 15.2. The van der Waals surface area contributed by atoms with Gasteiger partial charge in [0, 0.05) is 16.5 Å². The summed E-state index contributed by atoms with van der Waals surface area (Å²) in [6, 6.07) is 17.0. The summed E-state index contributed by atoms with van der Waals surface area (Å²) in [4.78, 5) is 16.6. The molecule has 0 amide bonds. The molecule has 0 aliphatic heterocycles. The van der Waals surface area contributed by atoms with Crippen molar-refractivity contribution < 1.29 is 9.53 Å². The predicted molar refractivity (Wildman–Crippen MR) is 93.9 cm³/mol. The number of carbonyl (C=O) groups excluding carboxylic acids is 1. The minimum atomic E-state index is -0.0264. The topological polar surface area (TPSA) is 39.2 Å². The zero-order valence-electron chi connectivity index (χ0n) is 12.6. The number of benzene rings is 2. The van der Waals surface area contributed by atoms with Crippen molar-refractivity contribution in [1.29, 1.82) is 0 Å². The van der Waals surface area contributed by atoms with Crippen LogP contribution in [0.1, 0.15) is 16.1 Å². The molecule has 0 saturated heterocycles. The minimum absolute atomic E-state index is 0.0264. The standard InChI is InChI=1S/C19H15NO2S/c1-22-17-9-5-8-15(12-17)19-20-16(13-23-19)10-11-18(21)14-6-3-2-4-7-14/h2-13H,1H3/b11-10+. The minimum Gasteiger partial charge on any atom is -0.497 e. The molecule has 2 aromatic carbocycles. The van der Waals surface area contributed by atoms with Gasteiger partial charge in [0.1, 0.15) is 10.8 Å². The fourth-order valence-corrected chi connectivity index (χ4v) is 2.90. The Kier molecular flexibility index (Phi) is 4.64. The van der Waals surface area contributed by atoms with Gasteiger partial charge >= 0.3 is 0 Å². The number of ketones is 1. The molecule has 3 aromatic rings. The first-order valence-electron chi connectivity index (χ1n) is 7.13. The molecule has 0 saturated carbocycles. The first-order valence-corrected chi connectivity index (χ1v) is 8.01. The maximum atomic E-state index is 12.1. The lowest BCUT2D eigenvalue weighted by molar-refractivity contribution is 0.104. The number of thiazole rings is 1. The Morgan fingerprint density at radius 3 is 2.74 bits per heavy atom. The van der Waals surface area contributed by atoms with E-state index in [1.54, 1.807) is 42.7 Å². The molecular formula is C19H15NO2S. The van der Waals surface area contributed by atoms with Gasteiger partial charge in [0.25, 0.3) is 0 Å². The molecule has 114 valence electrons. The van der Waals surface area contributed by atoms with E-state index in [4.69, 9.17) is 4.74 Å². The number of aromatic nitrogens is 1. The van der Waals surface area contributed by atoms with Crippen LogP contribution in [0.3, 0.4) is 0 Å². The summed E-state index contributed by atoms with van der Waals surface area (Å²) in [5, 5.41) is 2.83. The molecular weight excluding hydrogens is 306 g/mol. The van der Waals surface area contributed by atoms with E-state index in [0.29, 0.717) is 5.56 Å². The highest BCUT2D eigenvalue weighted by molar-refractivity contribution is 7.13. The van der Waals surface area contributed by atoms with Gasteiger partial charge in [-0.3, -0.25) is 4.79 Å². The molecule has 0 N–H and O–H groups in total. The van der Waals surface area contributed by atoms with Gasteiger partial charge in [-0.25, -0.2) is 4.98 Å². The summed E-state index contributed by atoms with van der Waals surface area (Å²) in [5.41, 5.74) is 2.45. The Morgan fingerprint density at radius 1 is 1.13 bits per heavy atom. The molecule has 1 heterocycles. The molecule has 0 atom stereocenters. The summed E-state index contributed by atoms with van der Waals surface area (Å²) in [7, 11) is 1.64. The van der Waals surface area contributed by atoms with Crippen molar-refractivity contribution in [3.8, 4) is 16.3 Å². The fraction of sp³-hybridized carbons (Fsp3) is 0.0526. The zero-order chi connectivity index (χ0) is 16.1. The molecule has 0 fully saturated rings. The van der Waals surface area contributed by atoms with E-state index < -0.39 is 0 Å². The maximum absolute atomic E-state index is 12.1. The van der Waals surface area contributed by atoms with Gasteiger partial charge in [0.2, 0.25) is 0 Å². The van der Waals surface area contributed by atoms with Crippen molar-refractivity contribution >= 4 is 23.2 Å². The van der Waals surface area contributed by atoms with Crippen LogP contribution in [0.25, 0.3) is 16.6 Å². The molecule has 3 rings (SSSR count). The smallest absolute Gasteiger partial charge is 0.185 e. The van der Waals surface area contributed by atoms with E-state index in [1.165, 1.54) is 0 Å². The molecule has 0 bridgehead atoms. The van der Waals surface area contributed by atoms with E-state index in [2.05, 4.69) is 4.98 Å². The molecule has 1 aromatic heterocycles. The highest BCUT2D eigenvalue weighted by Gasteiger charge is 2.05. The summed E-state index contributed by atoms with van der Waals surface area (Å²) < 4.78 is 5.23. The SMILES string of the molecule is COc1cccc(-c2nc(/C=C/C(=O)c3ccccc3)cs2)c1. The zero-order valence-corrected chi connectivity index (χ0v) is 13.4. The van der Waals surface area contributed by atoms with Gasteiger partial charge < -0.3 is 4.74 Å². The third-order valence-electron chi connectivity index (χ3n) is 3.30. The summed E-state index contributed by atoms with van der Waals surface area (Å²) in [6.07, 6.45) is 3.30. The number of rotatable bonds is 5. The molecule has 0 aliphatic rings. The first-order chi connectivity index (χ1) is 11.3. The van der Waals surface area contributed by atoms with Crippen LogP contribution >= 0.6 is 11.3 Å². The normalized spacial score (nSPS) is 10.8. The highest BCUT2D eigenvalue weighted by Crippen LogP contribution is 2.27. The lowest BCUT2D eigenvalue weighted by Gasteiger charge is -2.00. The number of ether oxygens (including phenoxy) is 1. The quantitative estimate of drug-likeness (QED) is 0.504. The maximum Gasteiger partial charge on any atom is 0.185 e. The van der Waals surface area contributed by atoms with Gasteiger partial charge in [-0.15, -0.1) is 11.3 Å². The Bertz CT molecular complexity index is 837. The number of nitrogens with zero attached hydrogens (tertiary/aromatic N) is 1. The van der Waals surface area contributed by atoms with Gasteiger partial charge in [-0.1, -0.05) is 42.5 Å². The molecule has 0 radical (unpaired) electrons. The van der Waals surface area contributed by atoms with Gasteiger partial charge in [0.15, 0.2) is 5.78 Å². The Hall–Kier alpha value is -2.72. The van der Waals surface area contributed by atoms with E-state index in [1.807, 2.05) is 47.8 Å². The average molecular weight is 321 g/mol. The van der Waals surface area contributed by atoms with Crippen LogP contribution in [0.5, 0.6) is 5.75 Å². The third-order valence-corrected chi connectivity index (χ3v) is 4.21. The van der Waals surface area contributed by atoms with Gasteiger partial charge in [0.05, 0.1) is 12.8 Å². The van der Waals surface area contributed by atoms with Crippen molar-refractivity contribution in [3.63, 3.8) is 0 Å². The molecule has 0 spiro atoms. The highest BCUT2D eigenvalue weighted by atomic mass is 32.1. The Balaban J connectivity index is 1.77. The number of methoxy groups -OCH3 is 1. The lowest BCUT2D eigenvalue weighted by atomic mass is 10.1. The van der Waals surface area contributed by atoms with Gasteiger partial charge in [-0.2, -0.15) is 0 Å². The molecule has 4 heteroatoms. The lowest BCUT2D eigenvalue weighted by Crippen LogP contribution is -1.92. The summed E-state index contributed by atoms with van der Waals surface area (Å²) >= 11 is 1.54. The molecule has 0 aliphatic carbocycles. The van der Waals surface area contributed by atoms with Crippen molar-refractivity contribution in [2.75, 3.05) is 7.11 Å². The van der Waals surface area contributed by atoms with E-state index in [-0.39, 0.29) is 5.78 Å². The van der Waals surface area contributed by atoms with Crippen LogP contribution in [0.2, 0.25) is 0 Å². The van der Waals surface area contributed by atoms with Crippen LogP contribution in [0.15, 0.2) is 66.1 Å². The number of carbonyl (C=O) groups is 1. The van der Waals surface area contributed by atoms with Crippen molar-refractivity contribution in [1.82, 2.24) is 4.98 Å². The van der Waals surface area contributed by atoms with E-state index in [9.17, 15) is 4.79 Å². The average Bonchev–Trinajstić information content (AvgIpc) is 3.09. The van der Waals surface area contributed by atoms with Crippen molar-refractivity contribution in [2.45, 2.75) is 0 Å². The van der Waals surface area contributed by atoms with E-state index in [0.717, 1.165) is 22.0 Å². The molecule has 23 heavy (non-hydrogen) atoms. The second kappa shape index (κ2) is 7.03. The predicted octanol–water partition coefficient (Wildman–Crippen LogP) is 4.71. The Morgan fingerprint density at radius 2 is 1.96 bits per heavy atom. The van der Waals surface area contributed by atoms with Crippen LogP contribution < -0.4 is 4.74 Å². The number of hydrogen-bond donors (Lipinski definition) is 0. The second-order valence-corrected chi connectivity index (χ2v) is 5.73. The Labute approximate surface area is 138 Å². The molecule has 0 unspecified atom stereocenters. The van der Waals surface area contributed by atoms with Crippen LogP contribution in [-0.2, 0) is 0 Å². The number of allylic oxidation sites excluding steroid dienone is 1. The van der Waals surface area contributed by atoms with E-state index >= 15 is 0 Å². The molecule has 3 nitrogen and oxygen atoms in total. The second-order valence-electron chi connectivity index (χ2n) is 4.87. The van der Waals surface area contributed by atoms with Crippen molar-refractivity contribution in [3.05, 3.63) is 77.3 Å². The summed E-state index contributed by atoms with van der Waals surface area (Å²) in [5.74, 6) is 0.774. The largest absolute Gasteiger partial charge is 0.497 e. The fourth-order valence-electron chi connectivity index (χ4n) is 2.11. The van der Waals surface area contributed by atoms with Crippen LogP contribution in [0, 0.1) is 0 Å². The third kappa shape index (κ3) is 3.73. The van der Waals surface area contributed by atoms with Gasteiger partial charge in [-0.05, 0) is 24.3 Å². The van der Waals surface area contributed by atoms with Crippen LogP contribution in [0.4, 0.5) is 0 Å². The number of hydrogen-bond acceptors (Lipinski definition) is 4. The van der Waals surface area contributed by atoms with Crippen LogP contribution in [-0.4, -0.2) is 17.9 Å².